The van der Waals surface area contributed by atoms with Crippen molar-refractivity contribution in [3.63, 3.8) is 0 Å². The number of hydrogen-bond acceptors (Lipinski definition) is 3. The molecule has 1 aliphatic heterocycles. The number of furan rings is 1. The zero-order valence-electron chi connectivity index (χ0n) is 10.6. The Morgan fingerprint density at radius 1 is 1.56 bits per heavy atom. The molecule has 2 rings (SSSR count). The largest absolute Gasteiger partial charge is 0.466 e. The number of carbonyl (C=O) groups excluding carboxylic acids is 2. The van der Waals surface area contributed by atoms with Crippen LogP contribution >= 0.6 is 0 Å². The third-order valence-corrected chi connectivity index (χ3v) is 2.90. The Hall–Kier alpha value is -1.98. The molecule has 1 aromatic heterocycles. The molecule has 0 spiro atoms. The lowest BCUT2D eigenvalue weighted by Crippen LogP contribution is -2.36. The van der Waals surface area contributed by atoms with Crippen molar-refractivity contribution in [3.8, 4) is 0 Å². The van der Waals surface area contributed by atoms with Gasteiger partial charge in [-0.05, 0) is 19.9 Å². The molecule has 18 heavy (non-hydrogen) atoms. The molecule has 2 heterocycles. The van der Waals surface area contributed by atoms with Gasteiger partial charge in [-0.15, -0.1) is 0 Å². The van der Waals surface area contributed by atoms with Gasteiger partial charge in [0.1, 0.15) is 11.5 Å². The molecule has 0 aromatic carbocycles. The van der Waals surface area contributed by atoms with Crippen LogP contribution in [0.25, 0.3) is 0 Å². The molecular formula is C12H17N3O3. The fourth-order valence-corrected chi connectivity index (χ4v) is 1.98. The monoisotopic (exact) mass is 251 g/mol. The predicted molar refractivity (Wildman–Crippen MR) is 65.5 cm³/mol. The zero-order valence-corrected chi connectivity index (χ0v) is 10.6. The molecule has 6 heteroatoms. The van der Waals surface area contributed by atoms with Crippen LogP contribution in [0.3, 0.4) is 0 Å². The van der Waals surface area contributed by atoms with Crippen LogP contribution in [0.1, 0.15) is 21.9 Å². The van der Waals surface area contributed by atoms with E-state index in [-0.39, 0.29) is 11.9 Å². The Morgan fingerprint density at radius 2 is 2.33 bits per heavy atom. The first-order valence-corrected chi connectivity index (χ1v) is 5.96. The number of aryl methyl sites for hydroxylation is 2. The van der Waals surface area contributed by atoms with E-state index in [4.69, 9.17) is 4.42 Å². The summed E-state index contributed by atoms with van der Waals surface area (Å²) in [6.45, 7) is 5.89. The molecule has 6 nitrogen and oxygen atoms in total. The third-order valence-electron chi connectivity index (χ3n) is 2.90. The highest BCUT2D eigenvalue weighted by Gasteiger charge is 2.19. The van der Waals surface area contributed by atoms with Gasteiger partial charge in [-0.2, -0.15) is 0 Å². The maximum Gasteiger partial charge on any atom is 0.317 e. The maximum atomic E-state index is 11.8. The molecule has 0 radical (unpaired) electrons. The van der Waals surface area contributed by atoms with Gasteiger partial charge in [-0.1, -0.05) is 0 Å². The molecular weight excluding hydrogens is 234 g/mol. The molecule has 1 aromatic rings. The minimum atomic E-state index is -0.163. The molecule has 2 N–H and O–H groups in total. The summed E-state index contributed by atoms with van der Waals surface area (Å²) >= 11 is 0. The van der Waals surface area contributed by atoms with E-state index in [2.05, 4.69) is 10.6 Å². The van der Waals surface area contributed by atoms with Gasteiger partial charge in [0.2, 0.25) is 0 Å². The molecule has 1 fully saturated rings. The summed E-state index contributed by atoms with van der Waals surface area (Å²) in [6.07, 6.45) is 0. The summed E-state index contributed by atoms with van der Waals surface area (Å²) in [6, 6.07) is 1.65. The number of nitrogens with one attached hydrogen (secondary N) is 2. The molecule has 1 aliphatic rings. The number of amides is 3. The average molecular weight is 251 g/mol. The Labute approximate surface area is 105 Å². The van der Waals surface area contributed by atoms with E-state index in [0.29, 0.717) is 37.5 Å². The van der Waals surface area contributed by atoms with E-state index < -0.39 is 0 Å². The number of nitrogens with zero attached hydrogens (tertiary/aromatic N) is 1. The molecule has 0 bridgehead atoms. The van der Waals surface area contributed by atoms with Crippen LogP contribution < -0.4 is 10.6 Å². The topological polar surface area (TPSA) is 74.6 Å². The van der Waals surface area contributed by atoms with Crippen LogP contribution in [0, 0.1) is 13.8 Å². The molecule has 3 amide bonds. The van der Waals surface area contributed by atoms with E-state index in [9.17, 15) is 9.59 Å². The van der Waals surface area contributed by atoms with Gasteiger partial charge < -0.3 is 20.0 Å². The van der Waals surface area contributed by atoms with Crippen molar-refractivity contribution in [3.05, 3.63) is 23.2 Å². The van der Waals surface area contributed by atoms with Crippen LogP contribution in [0.4, 0.5) is 4.79 Å². The van der Waals surface area contributed by atoms with Crippen molar-refractivity contribution in [1.82, 2.24) is 15.5 Å². The summed E-state index contributed by atoms with van der Waals surface area (Å²) in [5.74, 6) is 1.17. The average Bonchev–Trinajstić information content (AvgIpc) is 2.85. The molecule has 0 saturated carbocycles. The normalized spacial score (nSPS) is 14.8. The van der Waals surface area contributed by atoms with E-state index >= 15 is 0 Å². The van der Waals surface area contributed by atoms with Crippen molar-refractivity contribution < 1.29 is 14.0 Å². The van der Waals surface area contributed by atoms with Crippen molar-refractivity contribution in [2.24, 2.45) is 0 Å². The first-order chi connectivity index (χ1) is 8.58. The number of hydrogen-bond donors (Lipinski definition) is 2. The second-order valence-electron chi connectivity index (χ2n) is 4.30. The molecule has 98 valence electrons. The van der Waals surface area contributed by atoms with Gasteiger partial charge in [0, 0.05) is 26.2 Å². The summed E-state index contributed by atoms with van der Waals surface area (Å²) in [4.78, 5) is 24.8. The Balaban J connectivity index is 1.81. The molecule has 0 unspecified atom stereocenters. The quantitative estimate of drug-likeness (QED) is 0.825. The van der Waals surface area contributed by atoms with Gasteiger partial charge in [0.15, 0.2) is 0 Å². The fourth-order valence-electron chi connectivity index (χ4n) is 1.98. The summed E-state index contributed by atoms with van der Waals surface area (Å²) in [7, 11) is 0. The van der Waals surface area contributed by atoms with E-state index in [0.717, 1.165) is 5.76 Å². The minimum absolute atomic E-state index is 0.0698. The number of rotatable bonds is 4. The lowest BCUT2D eigenvalue weighted by Gasteiger charge is -2.14. The lowest BCUT2D eigenvalue weighted by molar-refractivity contribution is 0.0948. The zero-order chi connectivity index (χ0) is 13.1. The minimum Gasteiger partial charge on any atom is -0.466 e. The van der Waals surface area contributed by atoms with Crippen molar-refractivity contribution in [1.29, 1.82) is 0 Å². The van der Waals surface area contributed by atoms with Crippen molar-refractivity contribution >= 4 is 11.9 Å². The molecule has 1 saturated heterocycles. The molecule has 0 aliphatic carbocycles. The Bertz CT molecular complexity index is 467. The van der Waals surface area contributed by atoms with Gasteiger partial charge in [-0.3, -0.25) is 4.79 Å². The van der Waals surface area contributed by atoms with Crippen LogP contribution in [-0.2, 0) is 0 Å². The van der Waals surface area contributed by atoms with Gasteiger partial charge in [-0.25, -0.2) is 4.79 Å². The van der Waals surface area contributed by atoms with Gasteiger partial charge in [0.25, 0.3) is 5.91 Å². The van der Waals surface area contributed by atoms with Crippen molar-refractivity contribution in [2.75, 3.05) is 26.2 Å². The summed E-state index contributed by atoms with van der Waals surface area (Å²) < 4.78 is 5.30. The fraction of sp³-hybridized carbons (Fsp3) is 0.500. The third kappa shape index (κ3) is 2.64. The summed E-state index contributed by atoms with van der Waals surface area (Å²) in [5, 5.41) is 5.49. The Morgan fingerprint density at radius 3 is 2.89 bits per heavy atom. The number of urea groups is 1. The van der Waals surface area contributed by atoms with Gasteiger partial charge in [0.05, 0.1) is 5.56 Å². The first kappa shape index (κ1) is 12.5. The first-order valence-electron chi connectivity index (χ1n) is 5.96. The van der Waals surface area contributed by atoms with Gasteiger partial charge >= 0.3 is 6.03 Å². The van der Waals surface area contributed by atoms with Crippen LogP contribution in [0.5, 0.6) is 0 Å². The highest BCUT2D eigenvalue weighted by Crippen LogP contribution is 2.13. The second kappa shape index (κ2) is 5.12. The SMILES string of the molecule is Cc1cc(C(=O)NCCN2CCNC2=O)c(C)o1. The van der Waals surface area contributed by atoms with E-state index in [1.807, 2.05) is 0 Å². The Kier molecular flexibility index (Phi) is 3.55. The maximum absolute atomic E-state index is 11.8. The van der Waals surface area contributed by atoms with Crippen LogP contribution in [0.15, 0.2) is 10.5 Å². The van der Waals surface area contributed by atoms with E-state index in [1.165, 1.54) is 0 Å². The lowest BCUT2D eigenvalue weighted by atomic mass is 10.2. The highest BCUT2D eigenvalue weighted by atomic mass is 16.3. The second-order valence-corrected chi connectivity index (χ2v) is 4.30. The standard InChI is InChI=1S/C12H17N3O3/c1-8-7-10(9(2)18-8)11(16)13-3-5-15-6-4-14-12(15)17/h7H,3-6H2,1-2H3,(H,13,16)(H,14,17). The van der Waals surface area contributed by atoms with Crippen molar-refractivity contribution in [2.45, 2.75) is 13.8 Å². The highest BCUT2D eigenvalue weighted by molar-refractivity contribution is 5.95. The summed E-state index contributed by atoms with van der Waals surface area (Å²) in [5.41, 5.74) is 0.554. The predicted octanol–water partition coefficient (Wildman–Crippen LogP) is 0.651. The van der Waals surface area contributed by atoms with E-state index in [1.54, 1.807) is 24.8 Å². The molecule has 0 atom stereocenters. The van der Waals surface area contributed by atoms with Crippen LogP contribution in [-0.4, -0.2) is 43.0 Å². The number of carbonyl (C=O) groups is 2. The smallest absolute Gasteiger partial charge is 0.317 e. The van der Waals surface area contributed by atoms with Crippen LogP contribution in [0.2, 0.25) is 0 Å².